The van der Waals surface area contributed by atoms with Gasteiger partial charge in [0.1, 0.15) is 12.7 Å². The Labute approximate surface area is 191 Å². The Morgan fingerprint density at radius 3 is 2.59 bits per heavy atom. The van der Waals surface area contributed by atoms with Crippen molar-refractivity contribution >= 4 is 16.1 Å². The van der Waals surface area contributed by atoms with Crippen LogP contribution in [0.1, 0.15) is 59.8 Å². The van der Waals surface area contributed by atoms with Crippen LogP contribution in [0.4, 0.5) is 0 Å². The number of esters is 1. The van der Waals surface area contributed by atoms with E-state index in [0.717, 1.165) is 31.9 Å². The van der Waals surface area contributed by atoms with E-state index in [9.17, 15) is 13.2 Å². The largest absolute Gasteiger partial charge is 0.459 e. The van der Waals surface area contributed by atoms with Crippen LogP contribution in [0, 0.1) is 22.7 Å². The minimum absolute atomic E-state index is 0.0124. The van der Waals surface area contributed by atoms with Crippen LogP contribution in [0.2, 0.25) is 0 Å². The molecular formula is C24H36O7S. The number of ether oxygens (including phenoxy) is 3. The van der Waals surface area contributed by atoms with Crippen molar-refractivity contribution in [1.29, 1.82) is 0 Å². The Balaban J connectivity index is 1.59. The van der Waals surface area contributed by atoms with Crippen LogP contribution in [0.15, 0.2) is 23.8 Å². The van der Waals surface area contributed by atoms with Gasteiger partial charge in [0.2, 0.25) is 0 Å². The molecule has 2 aliphatic heterocycles. The van der Waals surface area contributed by atoms with Crippen LogP contribution in [0.3, 0.4) is 0 Å². The Kier molecular flexibility index (Phi) is 5.93. The van der Waals surface area contributed by atoms with Gasteiger partial charge in [-0.1, -0.05) is 32.1 Å². The molecule has 4 fully saturated rings. The molecule has 2 heterocycles. The van der Waals surface area contributed by atoms with E-state index >= 15 is 0 Å². The van der Waals surface area contributed by atoms with Crippen molar-refractivity contribution in [1.82, 2.24) is 0 Å². The summed E-state index contributed by atoms with van der Waals surface area (Å²) in [7, 11) is -3.70. The molecule has 2 saturated carbocycles. The molecular weight excluding hydrogens is 432 g/mol. The van der Waals surface area contributed by atoms with Crippen LogP contribution in [-0.4, -0.2) is 51.9 Å². The van der Waals surface area contributed by atoms with Crippen LogP contribution in [-0.2, 0) is 33.3 Å². The fourth-order valence-corrected chi connectivity index (χ4v) is 7.29. The second-order valence-corrected chi connectivity index (χ2v) is 12.5. The van der Waals surface area contributed by atoms with Gasteiger partial charge in [-0.3, -0.25) is 4.18 Å². The number of rotatable bonds is 4. The molecule has 6 atom stereocenters. The van der Waals surface area contributed by atoms with Crippen molar-refractivity contribution in [2.45, 2.75) is 77.8 Å². The first-order chi connectivity index (χ1) is 14.8. The Bertz CT molecular complexity index is 936. The summed E-state index contributed by atoms with van der Waals surface area (Å²) in [5, 5.41) is 0. The summed E-state index contributed by atoms with van der Waals surface area (Å²) in [6, 6.07) is 0. The fourth-order valence-electron chi connectivity index (χ4n) is 6.71. The van der Waals surface area contributed by atoms with Crippen molar-refractivity contribution in [3.63, 3.8) is 0 Å². The molecule has 2 aliphatic carbocycles. The highest BCUT2D eigenvalue weighted by Crippen LogP contribution is 2.63. The zero-order chi connectivity index (χ0) is 23.5. The zero-order valence-corrected chi connectivity index (χ0v) is 20.6. The van der Waals surface area contributed by atoms with Crippen LogP contribution < -0.4 is 0 Å². The predicted molar refractivity (Wildman–Crippen MR) is 119 cm³/mol. The summed E-state index contributed by atoms with van der Waals surface area (Å²) >= 11 is 0. The zero-order valence-electron chi connectivity index (χ0n) is 19.8. The van der Waals surface area contributed by atoms with E-state index in [1.54, 1.807) is 0 Å². The van der Waals surface area contributed by atoms with Crippen LogP contribution in [0.5, 0.6) is 0 Å². The van der Waals surface area contributed by atoms with Gasteiger partial charge in [-0.05, 0) is 63.2 Å². The van der Waals surface area contributed by atoms with Crippen molar-refractivity contribution in [2.75, 3.05) is 19.5 Å². The highest BCUT2D eigenvalue weighted by Gasteiger charge is 2.60. The monoisotopic (exact) mass is 468 g/mol. The minimum atomic E-state index is -3.70. The molecule has 0 spiro atoms. The number of allylic oxidation sites excluding steroid dienone is 2. The highest BCUT2D eigenvalue weighted by atomic mass is 32.2. The average molecular weight is 469 g/mol. The maximum absolute atomic E-state index is 12.3. The lowest BCUT2D eigenvalue weighted by molar-refractivity contribution is -0.344. The molecule has 0 aromatic heterocycles. The van der Waals surface area contributed by atoms with Gasteiger partial charge >= 0.3 is 5.97 Å². The number of hydrogen-bond acceptors (Lipinski definition) is 7. The average Bonchev–Trinajstić information content (AvgIpc) is 3.00. The summed E-state index contributed by atoms with van der Waals surface area (Å²) in [5.74, 6) is -0.489. The first kappa shape index (κ1) is 23.9. The molecule has 0 N–H and O–H groups in total. The van der Waals surface area contributed by atoms with Crippen molar-refractivity contribution in [3.05, 3.63) is 23.8 Å². The van der Waals surface area contributed by atoms with Gasteiger partial charge in [0.05, 0.1) is 24.5 Å². The third-order valence-electron chi connectivity index (χ3n) is 8.29. The fraction of sp³-hybridized carbons (Fsp3) is 0.792. The quantitative estimate of drug-likeness (QED) is 0.269. The van der Waals surface area contributed by atoms with E-state index in [-0.39, 0.29) is 29.5 Å². The lowest BCUT2D eigenvalue weighted by atomic mass is 9.46. The molecule has 180 valence electrons. The molecule has 0 amide bonds. The second kappa shape index (κ2) is 7.93. The van der Waals surface area contributed by atoms with E-state index in [1.165, 1.54) is 5.57 Å². The SMILES string of the molecule is C=C1CCC2C3(C)COC(C)(C)OC3CCC2(C)C1C/C=C1\C(=O)OCC1OS(C)(=O)=O. The molecule has 0 aromatic carbocycles. The van der Waals surface area contributed by atoms with E-state index in [0.29, 0.717) is 24.5 Å². The van der Waals surface area contributed by atoms with Gasteiger partial charge in [0.15, 0.2) is 5.79 Å². The van der Waals surface area contributed by atoms with E-state index < -0.39 is 28.0 Å². The molecule has 32 heavy (non-hydrogen) atoms. The normalized spacial score (nSPS) is 43.0. The third kappa shape index (κ3) is 4.19. The maximum atomic E-state index is 12.3. The maximum Gasteiger partial charge on any atom is 0.336 e. The van der Waals surface area contributed by atoms with Crippen molar-refractivity contribution < 1.29 is 31.6 Å². The minimum Gasteiger partial charge on any atom is -0.459 e. The second-order valence-electron chi connectivity index (χ2n) is 10.9. The van der Waals surface area contributed by atoms with Gasteiger partial charge in [-0.15, -0.1) is 0 Å². The Morgan fingerprint density at radius 1 is 1.19 bits per heavy atom. The summed E-state index contributed by atoms with van der Waals surface area (Å²) in [4.78, 5) is 12.3. The molecule has 6 unspecified atom stereocenters. The van der Waals surface area contributed by atoms with E-state index in [1.807, 2.05) is 19.9 Å². The number of fused-ring (bicyclic) bond motifs is 3. The Morgan fingerprint density at radius 2 is 1.91 bits per heavy atom. The third-order valence-corrected chi connectivity index (χ3v) is 8.87. The van der Waals surface area contributed by atoms with Gasteiger partial charge in [0, 0.05) is 5.41 Å². The number of cyclic esters (lactones) is 1. The lowest BCUT2D eigenvalue weighted by Crippen LogP contribution is -2.62. The topological polar surface area (TPSA) is 88.1 Å². The van der Waals surface area contributed by atoms with Gasteiger partial charge in [-0.25, -0.2) is 4.79 Å². The van der Waals surface area contributed by atoms with Crippen LogP contribution >= 0.6 is 0 Å². The summed E-state index contributed by atoms with van der Waals surface area (Å²) < 4.78 is 45.8. The molecule has 2 saturated heterocycles. The first-order valence-electron chi connectivity index (χ1n) is 11.5. The molecule has 0 radical (unpaired) electrons. The van der Waals surface area contributed by atoms with E-state index in [4.69, 9.17) is 18.4 Å². The first-order valence-corrected chi connectivity index (χ1v) is 13.3. The van der Waals surface area contributed by atoms with Crippen molar-refractivity contribution in [2.24, 2.45) is 22.7 Å². The van der Waals surface area contributed by atoms with Gasteiger partial charge < -0.3 is 14.2 Å². The van der Waals surface area contributed by atoms with Gasteiger partial charge in [-0.2, -0.15) is 8.42 Å². The predicted octanol–water partition coefficient (Wildman–Crippen LogP) is 3.74. The van der Waals surface area contributed by atoms with Crippen molar-refractivity contribution in [3.8, 4) is 0 Å². The molecule has 0 bridgehead atoms. The Hall–Kier alpha value is -1.22. The number of carbonyl (C=O) groups excluding carboxylic acids is 1. The highest BCUT2D eigenvalue weighted by molar-refractivity contribution is 7.86. The number of hydrogen-bond donors (Lipinski definition) is 0. The summed E-state index contributed by atoms with van der Waals surface area (Å²) in [6.45, 7) is 13.6. The molecule has 0 aromatic rings. The summed E-state index contributed by atoms with van der Waals surface area (Å²) in [6.07, 6.45) is 6.62. The van der Waals surface area contributed by atoms with Crippen LogP contribution in [0.25, 0.3) is 0 Å². The van der Waals surface area contributed by atoms with Gasteiger partial charge in [0.25, 0.3) is 10.1 Å². The molecule has 7 nitrogen and oxygen atoms in total. The smallest absolute Gasteiger partial charge is 0.336 e. The standard InChI is InChI=1S/C24H36O7S/c1-15-7-10-19-23(4,12-11-20-24(19,5)14-29-22(2,3)30-20)17(15)9-8-16-18(13-28-21(16)25)31-32(6,26)27/h8,17-20H,1,7,9-14H2,2-6H3/b16-8-. The number of carbonyl (C=O) groups is 1. The molecule has 8 heteroatoms. The summed E-state index contributed by atoms with van der Waals surface area (Å²) in [5.41, 5.74) is 1.39. The van der Waals surface area contributed by atoms with E-state index in [2.05, 4.69) is 20.4 Å². The molecule has 4 aliphatic rings. The molecule has 4 rings (SSSR count). The lowest BCUT2D eigenvalue weighted by Gasteiger charge is -2.63.